The number of benzene rings is 2. The summed E-state index contributed by atoms with van der Waals surface area (Å²) in [5.41, 5.74) is 1.90. The molecule has 0 aromatic heterocycles. The third kappa shape index (κ3) is 3.88. The Morgan fingerprint density at radius 2 is 1.41 bits per heavy atom. The predicted octanol–water partition coefficient (Wildman–Crippen LogP) is 4.47. The van der Waals surface area contributed by atoms with E-state index >= 15 is 0 Å². The molecule has 116 valence electrons. The molecule has 2 rings (SSSR count). The van der Waals surface area contributed by atoms with Crippen LogP contribution in [0.5, 0.6) is 11.5 Å². The molecule has 22 heavy (non-hydrogen) atoms. The number of ketones is 1. The molecule has 0 aliphatic carbocycles. The van der Waals surface area contributed by atoms with E-state index in [9.17, 15) is 4.79 Å². The average molecular weight is 298 g/mol. The van der Waals surface area contributed by atoms with Crippen molar-refractivity contribution in [3.63, 3.8) is 0 Å². The molecule has 0 amide bonds. The number of rotatable bonds is 7. The molecule has 0 N–H and O–H groups in total. The molecular weight excluding hydrogens is 276 g/mol. The van der Waals surface area contributed by atoms with Crippen LogP contribution >= 0.6 is 0 Å². The summed E-state index contributed by atoms with van der Waals surface area (Å²) < 4.78 is 10.3. The standard InChI is InChI=1S/C19H22O3/c1-4-14(15-5-9-17(21-2)10-6-15)13-19(20)16-7-11-18(22-3)12-8-16/h5-12,14H,4,13H2,1-3H3/t14-/m1/s1. The summed E-state index contributed by atoms with van der Waals surface area (Å²) in [4.78, 5) is 12.4. The summed E-state index contributed by atoms with van der Waals surface area (Å²) >= 11 is 0. The maximum absolute atomic E-state index is 12.4. The Bertz CT molecular complexity index is 600. The smallest absolute Gasteiger partial charge is 0.163 e. The van der Waals surface area contributed by atoms with Crippen LogP contribution in [0.3, 0.4) is 0 Å². The number of carbonyl (C=O) groups is 1. The first-order valence-corrected chi connectivity index (χ1v) is 7.49. The van der Waals surface area contributed by atoms with Crippen LogP contribution in [0, 0.1) is 0 Å². The number of ether oxygens (including phenoxy) is 2. The normalized spacial score (nSPS) is 11.8. The Balaban J connectivity index is 2.09. The fourth-order valence-electron chi connectivity index (χ4n) is 2.49. The Kier molecular flexibility index (Phi) is 5.59. The molecule has 0 heterocycles. The Morgan fingerprint density at radius 1 is 0.909 bits per heavy atom. The highest BCUT2D eigenvalue weighted by atomic mass is 16.5. The summed E-state index contributed by atoms with van der Waals surface area (Å²) in [6.07, 6.45) is 1.43. The van der Waals surface area contributed by atoms with Crippen molar-refractivity contribution in [1.29, 1.82) is 0 Å². The maximum Gasteiger partial charge on any atom is 0.163 e. The van der Waals surface area contributed by atoms with Crippen LogP contribution in [-0.2, 0) is 0 Å². The van der Waals surface area contributed by atoms with E-state index in [1.54, 1.807) is 14.2 Å². The molecule has 0 unspecified atom stereocenters. The number of carbonyl (C=O) groups excluding carboxylic acids is 1. The van der Waals surface area contributed by atoms with Gasteiger partial charge < -0.3 is 9.47 Å². The number of Topliss-reactive ketones (excluding diaryl/α,β-unsaturated/α-hetero) is 1. The minimum atomic E-state index is 0.158. The molecule has 0 spiro atoms. The van der Waals surface area contributed by atoms with E-state index < -0.39 is 0 Å². The van der Waals surface area contributed by atoms with E-state index in [1.165, 1.54) is 5.56 Å². The first-order valence-electron chi connectivity index (χ1n) is 7.49. The molecule has 3 nitrogen and oxygen atoms in total. The van der Waals surface area contributed by atoms with E-state index in [1.807, 2.05) is 48.5 Å². The van der Waals surface area contributed by atoms with Crippen molar-refractivity contribution >= 4 is 5.78 Å². The molecular formula is C19H22O3. The van der Waals surface area contributed by atoms with Gasteiger partial charge >= 0.3 is 0 Å². The van der Waals surface area contributed by atoms with E-state index in [-0.39, 0.29) is 11.7 Å². The summed E-state index contributed by atoms with van der Waals surface area (Å²) in [6, 6.07) is 15.2. The van der Waals surface area contributed by atoms with Gasteiger partial charge in [-0.3, -0.25) is 4.79 Å². The molecule has 0 bridgehead atoms. The topological polar surface area (TPSA) is 35.5 Å². The van der Waals surface area contributed by atoms with Crippen molar-refractivity contribution in [2.75, 3.05) is 14.2 Å². The van der Waals surface area contributed by atoms with Gasteiger partial charge in [0.05, 0.1) is 14.2 Å². The van der Waals surface area contributed by atoms with Crippen molar-refractivity contribution in [3.05, 3.63) is 59.7 Å². The van der Waals surface area contributed by atoms with Crippen LogP contribution in [-0.4, -0.2) is 20.0 Å². The van der Waals surface area contributed by atoms with E-state index in [2.05, 4.69) is 6.92 Å². The Labute approximate surface area is 131 Å². The van der Waals surface area contributed by atoms with Crippen LogP contribution in [0.4, 0.5) is 0 Å². The van der Waals surface area contributed by atoms with Gasteiger partial charge in [0.25, 0.3) is 0 Å². The Hall–Kier alpha value is -2.29. The van der Waals surface area contributed by atoms with Gasteiger partial charge in [0.2, 0.25) is 0 Å². The molecule has 0 aliphatic rings. The van der Waals surface area contributed by atoms with Crippen molar-refractivity contribution in [2.24, 2.45) is 0 Å². The van der Waals surface area contributed by atoms with E-state index in [4.69, 9.17) is 9.47 Å². The second-order valence-electron chi connectivity index (χ2n) is 5.23. The lowest BCUT2D eigenvalue weighted by Gasteiger charge is -2.15. The van der Waals surface area contributed by atoms with Crippen LogP contribution in [0.15, 0.2) is 48.5 Å². The SMILES string of the molecule is CC[C@H](CC(=O)c1ccc(OC)cc1)c1ccc(OC)cc1. The number of hydrogen-bond donors (Lipinski definition) is 0. The predicted molar refractivity (Wildman–Crippen MR) is 88.0 cm³/mol. The van der Waals surface area contributed by atoms with Crippen LogP contribution in [0.1, 0.15) is 41.6 Å². The number of hydrogen-bond acceptors (Lipinski definition) is 3. The molecule has 0 radical (unpaired) electrons. The second-order valence-corrected chi connectivity index (χ2v) is 5.23. The fourth-order valence-corrected chi connectivity index (χ4v) is 2.49. The highest BCUT2D eigenvalue weighted by molar-refractivity contribution is 5.96. The van der Waals surface area contributed by atoms with Gasteiger partial charge in [-0.2, -0.15) is 0 Å². The van der Waals surface area contributed by atoms with Crippen molar-refractivity contribution in [2.45, 2.75) is 25.7 Å². The molecule has 0 saturated heterocycles. The largest absolute Gasteiger partial charge is 0.497 e. The van der Waals surface area contributed by atoms with Gasteiger partial charge in [-0.25, -0.2) is 0 Å². The lowest BCUT2D eigenvalue weighted by atomic mass is 9.89. The lowest BCUT2D eigenvalue weighted by Crippen LogP contribution is -2.07. The first kappa shape index (κ1) is 16.1. The average Bonchev–Trinajstić information content (AvgIpc) is 2.59. The van der Waals surface area contributed by atoms with Crippen LogP contribution in [0.2, 0.25) is 0 Å². The summed E-state index contributed by atoms with van der Waals surface area (Å²) in [5.74, 6) is 1.98. The summed E-state index contributed by atoms with van der Waals surface area (Å²) in [6.45, 7) is 2.11. The molecule has 3 heteroatoms. The van der Waals surface area contributed by atoms with Crippen molar-refractivity contribution in [1.82, 2.24) is 0 Å². The molecule has 2 aromatic rings. The van der Waals surface area contributed by atoms with Gasteiger partial charge in [-0.1, -0.05) is 19.1 Å². The minimum absolute atomic E-state index is 0.158. The summed E-state index contributed by atoms with van der Waals surface area (Å²) in [5, 5.41) is 0. The molecule has 2 aromatic carbocycles. The summed E-state index contributed by atoms with van der Waals surface area (Å²) in [7, 11) is 3.27. The van der Waals surface area contributed by atoms with Gasteiger partial charge in [-0.15, -0.1) is 0 Å². The highest BCUT2D eigenvalue weighted by Crippen LogP contribution is 2.27. The van der Waals surface area contributed by atoms with Gasteiger partial charge in [-0.05, 0) is 54.3 Å². The zero-order valence-corrected chi connectivity index (χ0v) is 13.3. The first-order chi connectivity index (χ1) is 10.7. The van der Waals surface area contributed by atoms with Crippen molar-refractivity contribution in [3.8, 4) is 11.5 Å². The van der Waals surface area contributed by atoms with Gasteiger partial charge in [0.1, 0.15) is 11.5 Å². The Morgan fingerprint density at radius 3 is 1.86 bits per heavy atom. The highest BCUT2D eigenvalue weighted by Gasteiger charge is 2.16. The monoisotopic (exact) mass is 298 g/mol. The third-order valence-corrected chi connectivity index (χ3v) is 3.92. The van der Waals surface area contributed by atoms with E-state index in [0.29, 0.717) is 6.42 Å². The molecule has 1 atom stereocenters. The van der Waals surface area contributed by atoms with Crippen LogP contribution < -0.4 is 9.47 Å². The second kappa shape index (κ2) is 7.64. The maximum atomic E-state index is 12.4. The molecule has 0 saturated carbocycles. The van der Waals surface area contributed by atoms with E-state index in [0.717, 1.165) is 23.5 Å². The quantitative estimate of drug-likeness (QED) is 0.707. The zero-order valence-electron chi connectivity index (χ0n) is 13.3. The third-order valence-electron chi connectivity index (χ3n) is 3.92. The van der Waals surface area contributed by atoms with Crippen LogP contribution in [0.25, 0.3) is 0 Å². The van der Waals surface area contributed by atoms with Crippen molar-refractivity contribution < 1.29 is 14.3 Å². The number of methoxy groups -OCH3 is 2. The fraction of sp³-hybridized carbons (Fsp3) is 0.316. The molecule has 0 aliphatic heterocycles. The molecule has 0 fully saturated rings. The minimum Gasteiger partial charge on any atom is -0.497 e. The van der Waals surface area contributed by atoms with Gasteiger partial charge in [0, 0.05) is 12.0 Å². The zero-order chi connectivity index (χ0) is 15.9. The lowest BCUT2D eigenvalue weighted by molar-refractivity contribution is 0.0973. The van der Waals surface area contributed by atoms with Gasteiger partial charge in [0.15, 0.2) is 5.78 Å².